The predicted molar refractivity (Wildman–Crippen MR) is 126 cm³/mol. The lowest BCUT2D eigenvalue weighted by atomic mass is 9.60. The van der Waals surface area contributed by atoms with Gasteiger partial charge in [0.05, 0.1) is 23.9 Å². The van der Waals surface area contributed by atoms with E-state index in [4.69, 9.17) is 5.73 Å². The minimum Gasteiger partial charge on any atom is -0.511 e. The van der Waals surface area contributed by atoms with Crippen LogP contribution < -0.4 is 11.1 Å². The molecule has 13 heteroatoms. The molecule has 0 aromatic heterocycles. The van der Waals surface area contributed by atoms with Gasteiger partial charge in [0.15, 0.2) is 17.1 Å². The van der Waals surface area contributed by atoms with Gasteiger partial charge in [-0.1, -0.05) is 0 Å². The van der Waals surface area contributed by atoms with E-state index < -0.39 is 86.7 Å². The SMILES string of the molecule is NC(=O)C1=C(O)C[C@@H]2CC3Cc4c(F)cc(NC(=O)CN5CC[C@H](O)C5)c(O)c4C(=O)C3=C(O)[C@]2(O)C1=O. The number of nitrogens with zero attached hydrogens (tertiary/aromatic N) is 1. The minimum absolute atomic E-state index is 0.122. The first-order chi connectivity index (χ1) is 17.8. The number of ketones is 2. The van der Waals surface area contributed by atoms with Crippen LogP contribution in [0.5, 0.6) is 5.75 Å². The summed E-state index contributed by atoms with van der Waals surface area (Å²) >= 11 is 0. The molecule has 3 aliphatic carbocycles. The van der Waals surface area contributed by atoms with E-state index in [-0.39, 0.29) is 43.6 Å². The average Bonchev–Trinajstić information content (AvgIpc) is 3.23. The number of rotatable bonds is 4. The van der Waals surface area contributed by atoms with E-state index in [9.17, 15) is 44.7 Å². The van der Waals surface area contributed by atoms with E-state index in [1.807, 2.05) is 0 Å². The fourth-order valence-corrected chi connectivity index (χ4v) is 6.09. The standard InChI is InChI=1S/C25H26FN3O9/c26-13-6-14(28-16(32)8-29-2-1-11(30)7-29)20(33)18-12(13)4-9-3-10-5-15(31)19(24(27)37)23(36)25(10,38)22(35)17(9)21(18)34/h6,9-11,30-31,33,35,38H,1-5,7-8H2,(H2,27,37)(H,28,32)/t9?,10-,11-,25-/m0/s1. The van der Waals surface area contributed by atoms with Crippen molar-refractivity contribution in [1.82, 2.24) is 4.90 Å². The van der Waals surface area contributed by atoms with Gasteiger partial charge in [0, 0.05) is 42.6 Å². The van der Waals surface area contributed by atoms with Crippen LogP contribution in [0.1, 0.15) is 35.2 Å². The second kappa shape index (κ2) is 8.89. The molecule has 0 spiro atoms. The van der Waals surface area contributed by atoms with E-state index >= 15 is 4.39 Å². The molecule has 1 aliphatic heterocycles. The summed E-state index contributed by atoms with van der Waals surface area (Å²) in [5, 5.41) is 55.3. The van der Waals surface area contributed by atoms with Crippen molar-refractivity contribution in [3.05, 3.63) is 45.7 Å². The molecule has 1 saturated heterocycles. The third-order valence-corrected chi connectivity index (χ3v) is 7.90. The fourth-order valence-electron chi connectivity index (χ4n) is 6.09. The molecule has 1 fully saturated rings. The maximum absolute atomic E-state index is 15.2. The van der Waals surface area contributed by atoms with Gasteiger partial charge in [0.2, 0.25) is 11.7 Å². The molecule has 4 atom stereocenters. The number of benzene rings is 1. The smallest absolute Gasteiger partial charge is 0.255 e. The Hall–Kier alpha value is -3.81. The fraction of sp³-hybridized carbons (Fsp3) is 0.440. The molecule has 5 rings (SSSR count). The van der Waals surface area contributed by atoms with Gasteiger partial charge in [-0.25, -0.2) is 4.39 Å². The number of phenols is 1. The van der Waals surface area contributed by atoms with Crippen LogP contribution in [-0.2, 0) is 20.8 Å². The Balaban J connectivity index is 1.51. The first kappa shape index (κ1) is 25.8. The van der Waals surface area contributed by atoms with Gasteiger partial charge in [-0.2, -0.15) is 0 Å². The minimum atomic E-state index is -2.73. The number of hydrogen-bond acceptors (Lipinski definition) is 10. The normalized spacial score (nSPS) is 29.2. The second-order valence-corrected chi connectivity index (χ2v) is 10.2. The number of halogens is 1. The third kappa shape index (κ3) is 3.77. The number of β-amino-alcohol motifs (C(OH)–C–C–N with tert-alkyl or cyclic N) is 1. The number of aliphatic hydroxyl groups is 4. The monoisotopic (exact) mass is 531 g/mol. The lowest BCUT2D eigenvalue weighted by Gasteiger charge is -2.45. The van der Waals surface area contributed by atoms with Gasteiger partial charge in [-0.3, -0.25) is 24.1 Å². The van der Waals surface area contributed by atoms with Crippen molar-refractivity contribution >= 4 is 29.1 Å². The maximum atomic E-state index is 15.2. The van der Waals surface area contributed by atoms with Gasteiger partial charge in [-0.15, -0.1) is 0 Å². The molecule has 4 aliphatic rings. The number of nitrogens with two attached hydrogens (primary N) is 1. The van der Waals surface area contributed by atoms with Gasteiger partial charge in [0.25, 0.3) is 5.91 Å². The highest BCUT2D eigenvalue weighted by Gasteiger charge is 2.59. The number of carbonyl (C=O) groups is 4. The molecular weight excluding hydrogens is 505 g/mol. The highest BCUT2D eigenvalue weighted by molar-refractivity contribution is 6.24. The molecule has 2 amide bonds. The summed E-state index contributed by atoms with van der Waals surface area (Å²) in [6, 6.07) is 0.879. The zero-order valence-electron chi connectivity index (χ0n) is 20.0. The number of hydrogen-bond donors (Lipinski definition) is 7. The number of allylic oxidation sites excluding steroid dienone is 2. The molecule has 1 aromatic rings. The van der Waals surface area contributed by atoms with Crippen LogP contribution in [0, 0.1) is 17.7 Å². The van der Waals surface area contributed by atoms with Gasteiger partial charge >= 0.3 is 0 Å². The Labute approximate surface area is 214 Å². The van der Waals surface area contributed by atoms with Crippen molar-refractivity contribution in [2.24, 2.45) is 17.6 Å². The van der Waals surface area contributed by atoms with Crippen molar-refractivity contribution < 1.29 is 49.1 Å². The average molecular weight is 531 g/mol. The molecule has 202 valence electrons. The summed E-state index contributed by atoms with van der Waals surface area (Å²) in [6.45, 7) is 0.605. The van der Waals surface area contributed by atoms with E-state index in [0.29, 0.717) is 13.0 Å². The molecule has 1 heterocycles. The summed E-state index contributed by atoms with van der Waals surface area (Å²) < 4.78 is 15.2. The number of phenolic OH excluding ortho intramolecular Hbond substituents is 1. The highest BCUT2D eigenvalue weighted by Crippen LogP contribution is 2.52. The van der Waals surface area contributed by atoms with E-state index in [0.717, 1.165) is 6.07 Å². The largest absolute Gasteiger partial charge is 0.511 e. The molecule has 38 heavy (non-hydrogen) atoms. The van der Waals surface area contributed by atoms with Crippen LogP contribution in [0.2, 0.25) is 0 Å². The molecule has 12 nitrogen and oxygen atoms in total. The number of amides is 2. The molecule has 1 unspecified atom stereocenters. The van der Waals surface area contributed by atoms with Crippen molar-refractivity contribution in [3.63, 3.8) is 0 Å². The van der Waals surface area contributed by atoms with E-state index in [2.05, 4.69) is 5.32 Å². The zero-order valence-corrected chi connectivity index (χ0v) is 20.0. The molecule has 0 radical (unpaired) electrons. The zero-order chi connectivity index (χ0) is 27.7. The Morgan fingerprint density at radius 2 is 1.92 bits per heavy atom. The Morgan fingerprint density at radius 3 is 2.55 bits per heavy atom. The van der Waals surface area contributed by atoms with Crippen LogP contribution in [0.4, 0.5) is 10.1 Å². The molecular formula is C25H26FN3O9. The number of Topliss-reactive ketones (excluding diaryl/α,β-unsaturated/α-hetero) is 2. The topological polar surface area (TPSA) is 211 Å². The Morgan fingerprint density at radius 1 is 1.21 bits per heavy atom. The number of aromatic hydroxyl groups is 1. The molecule has 0 saturated carbocycles. The van der Waals surface area contributed by atoms with Crippen LogP contribution in [0.3, 0.4) is 0 Å². The van der Waals surface area contributed by atoms with Crippen molar-refractivity contribution in [3.8, 4) is 5.75 Å². The number of likely N-dealkylation sites (tertiary alicyclic amines) is 1. The van der Waals surface area contributed by atoms with Crippen LogP contribution in [-0.4, -0.2) is 85.2 Å². The Bertz CT molecular complexity index is 1370. The van der Waals surface area contributed by atoms with Crippen molar-refractivity contribution in [2.75, 3.05) is 25.0 Å². The number of anilines is 1. The van der Waals surface area contributed by atoms with Gasteiger partial charge < -0.3 is 36.6 Å². The highest BCUT2D eigenvalue weighted by atomic mass is 19.1. The number of primary amides is 1. The number of carbonyl (C=O) groups excluding carboxylic acids is 4. The van der Waals surface area contributed by atoms with Crippen molar-refractivity contribution in [1.29, 1.82) is 0 Å². The maximum Gasteiger partial charge on any atom is 0.255 e. The number of aliphatic hydroxyl groups excluding tert-OH is 3. The van der Waals surface area contributed by atoms with Crippen molar-refractivity contribution in [2.45, 2.75) is 37.4 Å². The summed E-state index contributed by atoms with van der Waals surface area (Å²) in [7, 11) is 0. The number of fused-ring (bicyclic) bond motifs is 3. The molecule has 1 aromatic carbocycles. The first-order valence-corrected chi connectivity index (χ1v) is 12.1. The first-order valence-electron chi connectivity index (χ1n) is 12.1. The summed E-state index contributed by atoms with van der Waals surface area (Å²) in [5.41, 5.74) is 0.0383. The summed E-state index contributed by atoms with van der Waals surface area (Å²) in [5.74, 6) is -9.68. The van der Waals surface area contributed by atoms with Crippen LogP contribution >= 0.6 is 0 Å². The lowest BCUT2D eigenvalue weighted by Crippen LogP contribution is -2.57. The summed E-state index contributed by atoms with van der Waals surface area (Å²) in [6.07, 6.45) is -0.769. The summed E-state index contributed by atoms with van der Waals surface area (Å²) in [4.78, 5) is 52.4. The van der Waals surface area contributed by atoms with Crippen LogP contribution in [0.15, 0.2) is 28.7 Å². The lowest BCUT2D eigenvalue weighted by molar-refractivity contribution is -0.144. The van der Waals surface area contributed by atoms with Gasteiger partial charge in [-0.05, 0) is 25.2 Å². The Kier molecular flexibility index (Phi) is 6.04. The van der Waals surface area contributed by atoms with Crippen LogP contribution in [0.25, 0.3) is 0 Å². The van der Waals surface area contributed by atoms with E-state index in [1.54, 1.807) is 4.90 Å². The van der Waals surface area contributed by atoms with Gasteiger partial charge in [0.1, 0.15) is 22.9 Å². The number of nitrogens with one attached hydrogen (secondary N) is 1. The molecule has 0 bridgehead atoms. The van der Waals surface area contributed by atoms with E-state index in [1.165, 1.54) is 0 Å². The third-order valence-electron chi connectivity index (χ3n) is 7.90. The second-order valence-electron chi connectivity index (χ2n) is 10.2. The molecule has 8 N–H and O–H groups in total. The quantitative estimate of drug-likeness (QED) is 0.200. The predicted octanol–water partition coefficient (Wildman–Crippen LogP) is -0.275.